The van der Waals surface area contributed by atoms with Crippen molar-refractivity contribution in [3.8, 4) is 11.5 Å². The van der Waals surface area contributed by atoms with Gasteiger partial charge in [0, 0.05) is 25.7 Å². The Balaban J connectivity index is 2.21. The molecule has 2 heterocycles. The summed E-state index contributed by atoms with van der Waals surface area (Å²) in [5.41, 5.74) is 3.64. The van der Waals surface area contributed by atoms with Crippen molar-refractivity contribution in [3.63, 3.8) is 0 Å². The summed E-state index contributed by atoms with van der Waals surface area (Å²) in [5, 5.41) is 10.2. The Bertz CT molecular complexity index is 933. The van der Waals surface area contributed by atoms with Gasteiger partial charge >= 0.3 is 0 Å². The number of hydrogen-bond acceptors (Lipinski definition) is 6. The zero-order valence-electron chi connectivity index (χ0n) is 16.4. The lowest BCUT2D eigenvalue weighted by atomic mass is 10.1. The van der Waals surface area contributed by atoms with Gasteiger partial charge in [0.15, 0.2) is 5.65 Å². The molecule has 7 heteroatoms. The van der Waals surface area contributed by atoms with E-state index in [0.29, 0.717) is 0 Å². The SMILES string of the molecule is COc1cc(OC)c2c(NCCCN(C)C)c3c(C)nn(C)c3nc2c1. The van der Waals surface area contributed by atoms with Crippen LogP contribution in [-0.2, 0) is 7.05 Å². The largest absolute Gasteiger partial charge is 0.497 e. The van der Waals surface area contributed by atoms with Gasteiger partial charge in [-0.05, 0) is 34.0 Å². The third-order valence-corrected chi connectivity index (χ3v) is 4.51. The highest BCUT2D eigenvalue weighted by Gasteiger charge is 2.19. The van der Waals surface area contributed by atoms with Gasteiger partial charge < -0.3 is 19.7 Å². The number of aryl methyl sites for hydroxylation is 2. The summed E-state index contributed by atoms with van der Waals surface area (Å²) in [4.78, 5) is 7.01. The Kier molecular flexibility index (Phi) is 5.18. The molecule has 0 aliphatic rings. The quantitative estimate of drug-likeness (QED) is 0.656. The van der Waals surface area contributed by atoms with Crippen LogP contribution in [0.3, 0.4) is 0 Å². The van der Waals surface area contributed by atoms with Gasteiger partial charge in [0.05, 0.1) is 41.9 Å². The van der Waals surface area contributed by atoms with Gasteiger partial charge in [0.2, 0.25) is 0 Å². The molecule has 0 atom stereocenters. The number of nitrogens with zero attached hydrogens (tertiary/aromatic N) is 4. The molecule has 0 aliphatic heterocycles. The van der Waals surface area contributed by atoms with E-state index in [9.17, 15) is 0 Å². The summed E-state index contributed by atoms with van der Waals surface area (Å²) in [7, 11) is 9.40. The summed E-state index contributed by atoms with van der Waals surface area (Å²) in [6.07, 6.45) is 1.04. The molecule has 140 valence electrons. The number of rotatable bonds is 7. The smallest absolute Gasteiger partial charge is 0.160 e. The van der Waals surface area contributed by atoms with Crippen LogP contribution in [0.25, 0.3) is 21.9 Å². The van der Waals surface area contributed by atoms with Gasteiger partial charge in [0.25, 0.3) is 0 Å². The third kappa shape index (κ3) is 3.26. The lowest BCUT2D eigenvalue weighted by Gasteiger charge is -2.16. The van der Waals surface area contributed by atoms with Crippen LogP contribution in [0.4, 0.5) is 5.69 Å². The molecule has 0 unspecified atom stereocenters. The molecule has 1 aromatic carbocycles. The standard InChI is InChI=1S/C19H27N5O2/c1-12-16-18(20-8-7-9-23(2)3)17-14(21-19(16)24(4)22-12)10-13(25-5)11-15(17)26-6/h10-11H,7-9H2,1-6H3,(H,20,21). The van der Waals surface area contributed by atoms with Crippen LogP contribution in [0, 0.1) is 6.92 Å². The van der Waals surface area contributed by atoms with E-state index in [1.165, 1.54) is 0 Å². The maximum Gasteiger partial charge on any atom is 0.160 e. The summed E-state index contributed by atoms with van der Waals surface area (Å²) < 4.78 is 12.9. The molecule has 0 amide bonds. The molecule has 0 saturated heterocycles. The molecule has 3 rings (SSSR count). The first-order chi connectivity index (χ1) is 12.5. The first-order valence-electron chi connectivity index (χ1n) is 8.74. The lowest BCUT2D eigenvalue weighted by molar-refractivity contribution is 0.398. The van der Waals surface area contributed by atoms with Crippen LogP contribution in [0.15, 0.2) is 12.1 Å². The molecule has 0 bridgehead atoms. The molecule has 0 radical (unpaired) electrons. The fourth-order valence-electron chi connectivity index (χ4n) is 3.29. The molecule has 3 aromatic rings. The number of anilines is 1. The minimum atomic E-state index is 0.721. The lowest BCUT2D eigenvalue weighted by Crippen LogP contribution is -2.16. The first kappa shape index (κ1) is 18.3. The van der Waals surface area contributed by atoms with Gasteiger partial charge in [-0.1, -0.05) is 0 Å². The summed E-state index contributed by atoms with van der Waals surface area (Å²) in [5.74, 6) is 1.46. The highest BCUT2D eigenvalue weighted by atomic mass is 16.5. The molecular formula is C19H27N5O2. The maximum absolute atomic E-state index is 5.66. The Morgan fingerprint density at radius 3 is 2.58 bits per heavy atom. The second-order valence-electron chi connectivity index (χ2n) is 6.70. The highest BCUT2D eigenvalue weighted by Crippen LogP contribution is 2.40. The average Bonchev–Trinajstić information content (AvgIpc) is 2.90. The highest BCUT2D eigenvalue weighted by molar-refractivity contribution is 6.10. The van der Waals surface area contributed by atoms with E-state index >= 15 is 0 Å². The van der Waals surface area contributed by atoms with E-state index in [2.05, 4.69) is 29.4 Å². The average molecular weight is 357 g/mol. The number of nitrogens with one attached hydrogen (secondary N) is 1. The number of methoxy groups -OCH3 is 2. The summed E-state index contributed by atoms with van der Waals surface area (Å²) in [6, 6.07) is 3.83. The van der Waals surface area contributed by atoms with E-state index in [1.807, 2.05) is 30.8 Å². The van der Waals surface area contributed by atoms with Crippen LogP contribution in [0.5, 0.6) is 11.5 Å². The van der Waals surface area contributed by atoms with Gasteiger partial charge in [-0.25, -0.2) is 4.98 Å². The van der Waals surface area contributed by atoms with Gasteiger partial charge in [0.1, 0.15) is 11.5 Å². The molecule has 1 N–H and O–H groups in total. The number of aromatic nitrogens is 3. The molecule has 0 saturated carbocycles. The van der Waals surface area contributed by atoms with E-state index in [4.69, 9.17) is 14.5 Å². The Hall–Kier alpha value is -2.54. The van der Waals surface area contributed by atoms with Crippen molar-refractivity contribution in [2.24, 2.45) is 7.05 Å². The Morgan fingerprint density at radius 2 is 1.92 bits per heavy atom. The van der Waals surface area contributed by atoms with E-state index < -0.39 is 0 Å². The van der Waals surface area contributed by atoms with Gasteiger partial charge in [-0.2, -0.15) is 5.10 Å². The third-order valence-electron chi connectivity index (χ3n) is 4.51. The summed E-state index contributed by atoms with van der Waals surface area (Å²) >= 11 is 0. The number of hydrogen-bond donors (Lipinski definition) is 1. The van der Waals surface area contributed by atoms with Crippen molar-refractivity contribution < 1.29 is 9.47 Å². The van der Waals surface area contributed by atoms with Crippen LogP contribution in [-0.4, -0.2) is 61.1 Å². The van der Waals surface area contributed by atoms with Crippen molar-refractivity contribution >= 4 is 27.6 Å². The molecular weight excluding hydrogens is 330 g/mol. The predicted octanol–water partition coefficient (Wildman–Crippen LogP) is 2.81. The molecule has 2 aromatic heterocycles. The molecule has 0 fully saturated rings. The van der Waals surface area contributed by atoms with Crippen molar-refractivity contribution in [2.45, 2.75) is 13.3 Å². The molecule has 7 nitrogen and oxygen atoms in total. The predicted molar refractivity (Wildman–Crippen MR) is 106 cm³/mol. The van der Waals surface area contributed by atoms with Crippen LogP contribution < -0.4 is 14.8 Å². The Morgan fingerprint density at radius 1 is 1.15 bits per heavy atom. The fourth-order valence-corrected chi connectivity index (χ4v) is 3.29. The number of fused-ring (bicyclic) bond motifs is 2. The van der Waals surface area contributed by atoms with E-state index in [1.54, 1.807) is 14.2 Å². The van der Waals surface area contributed by atoms with E-state index in [-0.39, 0.29) is 0 Å². The second-order valence-corrected chi connectivity index (χ2v) is 6.70. The van der Waals surface area contributed by atoms with Crippen LogP contribution >= 0.6 is 0 Å². The minimum Gasteiger partial charge on any atom is -0.497 e. The normalized spacial score (nSPS) is 11.5. The number of ether oxygens (including phenoxy) is 2. The first-order valence-corrected chi connectivity index (χ1v) is 8.74. The zero-order valence-corrected chi connectivity index (χ0v) is 16.4. The topological polar surface area (TPSA) is 64.4 Å². The fraction of sp³-hybridized carbons (Fsp3) is 0.474. The molecule has 0 aliphatic carbocycles. The zero-order chi connectivity index (χ0) is 18.8. The monoisotopic (exact) mass is 357 g/mol. The van der Waals surface area contributed by atoms with Crippen molar-refractivity contribution in [2.75, 3.05) is 46.7 Å². The van der Waals surface area contributed by atoms with Gasteiger partial charge in [-0.3, -0.25) is 4.68 Å². The second kappa shape index (κ2) is 7.37. The van der Waals surface area contributed by atoms with Crippen molar-refractivity contribution in [1.29, 1.82) is 0 Å². The van der Waals surface area contributed by atoms with Crippen molar-refractivity contribution in [1.82, 2.24) is 19.7 Å². The molecule has 0 spiro atoms. The van der Waals surface area contributed by atoms with Crippen LogP contribution in [0.1, 0.15) is 12.1 Å². The van der Waals surface area contributed by atoms with Gasteiger partial charge in [-0.15, -0.1) is 0 Å². The van der Waals surface area contributed by atoms with Crippen LogP contribution in [0.2, 0.25) is 0 Å². The number of benzene rings is 1. The maximum atomic E-state index is 5.66. The molecule has 26 heavy (non-hydrogen) atoms. The minimum absolute atomic E-state index is 0.721. The Labute approximate surface area is 153 Å². The van der Waals surface area contributed by atoms with Crippen molar-refractivity contribution in [3.05, 3.63) is 17.8 Å². The summed E-state index contributed by atoms with van der Waals surface area (Å²) in [6.45, 7) is 3.89. The number of pyridine rings is 1. The van der Waals surface area contributed by atoms with E-state index in [0.717, 1.165) is 64.3 Å².